The average molecular weight is 531 g/mol. The zero-order valence-corrected chi connectivity index (χ0v) is 20.2. The Morgan fingerprint density at radius 1 is 1.14 bits per heavy atom. The normalized spacial score (nSPS) is 18.7. The maximum atomic E-state index is 12.4. The molecule has 2 fully saturated rings. The number of guanidine groups is 1. The summed E-state index contributed by atoms with van der Waals surface area (Å²) >= 11 is 0. The number of ether oxygens (including phenoxy) is 1. The number of aliphatic imine (C=N–C) groups is 1. The summed E-state index contributed by atoms with van der Waals surface area (Å²) in [4.78, 5) is 17.9. The Morgan fingerprint density at radius 3 is 2.29 bits per heavy atom. The van der Waals surface area contributed by atoms with E-state index in [4.69, 9.17) is 4.74 Å². The van der Waals surface area contributed by atoms with Crippen LogP contribution in [-0.2, 0) is 19.6 Å². The molecule has 1 heterocycles. The smallest absolute Gasteiger partial charge is 0.223 e. The molecule has 28 heavy (non-hydrogen) atoms. The first-order chi connectivity index (χ1) is 12.8. The molecular weight excluding hydrogens is 497 g/mol. The predicted octanol–water partition coefficient (Wildman–Crippen LogP) is 0.0784. The molecule has 1 saturated heterocycles. The van der Waals surface area contributed by atoms with E-state index in [1.54, 1.807) is 7.05 Å². The van der Waals surface area contributed by atoms with Crippen LogP contribution in [0.3, 0.4) is 0 Å². The molecule has 0 spiro atoms. The first kappa shape index (κ1) is 25.4. The SMILES string of the molecule is CN=C(NCCNC(=O)C1CC1)N1CCN(S(=O)(=O)CCOC(C)C)CC1.I. The van der Waals surface area contributed by atoms with Crippen LogP contribution in [0.15, 0.2) is 4.99 Å². The van der Waals surface area contributed by atoms with Gasteiger partial charge in [0.25, 0.3) is 0 Å². The largest absolute Gasteiger partial charge is 0.378 e. The van der Waals surface area contributed by atoms with Gasteiger partial charge < -0.3 is 20.3 Å². The van der Waals surface area contributed by atoms with Crippen LogP contribution in [0.1, 0.15) is 26.7 Å². The van der Waals surface area contributed by atoms with Gasteiger partial charge in [-0.3, -0.25) is 9.79 Å². The van der Waals surface area contributed by atoms with Crippen LogP contribution >= 0.6 is 24.0 Å². The van der Waals surface area contributed by atoms with E-state index in [1.165, 1.54) is 4.31 Å². The molecule has 0 aromatic carbocycles. The monoisotopic (exact) mass is 531 g/mol. The number of hydrogen-bond acceptors (Lipinski definition) is 5. The van der Waals surface area contributed by atoms with Crippen molar-refractivity contribution in [1.29, 1.82) is 0 Å². The van der Waals surface area contributed by atoms with Gasteiger partial charge in [-0.2, -0.15) is 4.31 Å². The number of piperazine rings is 1. The van der Waals surface area contributed by atoms with Gasteiger partial charge in [0, 0.05) is 52.2 Å². The minimum absolute atomic E-state index is 0. The van der Waals surface area contributed by atoms with E-state index in [9.17, 15) is 13.2 Å². The van der Waals surface area contributed by atoms with Crippen LogP contribution in [0, 0.1) is 5.92 Å². The second kappa shape index (κ2) is 12.1. The van der Waals surface area contributed by atoms with Crippen molar-refractivity contribution in [2.24, 2.45) is 10.9 Å². The zero-order chi connectivity index (χ0) is 19.9. The van der Waals surface area contributed by atoms with Crippen molar-refractivity contribution in [1.82, 2.24) is 19.8 Å². The lowest BCUT2D eigenvalue weighted by Crippen LogP contribution is -2.54. The van der Waals surface area contributed by atoms with Crippen molar-refractivity contribution in [3.05, 3.63) is 0 Å². The van der Waals surface area contributed by atoms with Crippen LogP contribution in [0.25, 0.3) is 0 Å². The molecule has 0 unspecified atom stereocenters. The Kier molecular flexibility index (Phi) is 11.0. The van der Waals surface area contributed by atoms with E-state index in [1.807, 2.05) is 18.7 Å². The van der Waals surface area contributed by atoms with Crippen molar-refractivity contribution >= 4 is 45.9 Å². The number of nitrogens with zero attached hydrogens (tertiary/aromatic N) is 3. The van der Waals surface area contributed by atoms with Crippen molar-refractivity contribution in [2.45, 2.75) is 32.8 Å². The fourth-order valence-electron chi connectivity index (χ4n) is 2.88. The van der Waals surface area contributed by atoms with Gasteiger partial charge in [0.2, 0.25) is 15.9 Å². The van der Waals surface area contributed by atoms with E-state index in [2.05, 4.69) is 15.6 Å². The number of hydrogen-bond donors (Lipinski definition) is 2. The van der Waals surface area contributed by atoms with Gasteiger partial charge in [-0.25, -0.2) is 8.42 Å². The molecule has 1 aliphatic heterocycles. The third-order valence-corrected chi connectivity index (χ3v) is 6.43. The Morgan fingerprint density at radius 2 is 1.75 bits per heavy atom. The van der Waals surface area contributed by atoms with Crippen LogP contribution in [0.5, 0.6) is 0 Å². The maximum Gasteiger partial charge on any atom is 0.223 e. The summed E-state index contributed by atoms with van der Waals surface area (Å²) in [5.74, 6) is 1.09. The molecule has 0 radical (unpaired) electrons. The summed E-state index contributed by atoms with van der Waals surface area (Å²) in [6.45, 7) is 7.18. The number of halogens is 1. The van der Waals surface area contributed by atoms with Gasteiger partial charge in [0.1, 0.15) is 0 Å². The lowest BCUT2D eigenvalue weighted by atomic mass is 10.4. The Bertz CT molecular complexity index is 617. The first-order valence-corrected chi connectivity index (χ1v) is 11.3. The molecule has 0 atom stereocenters. The van der Waals surface area contributed by atoms with Crippen LogP contribution < -0.4 is 10.6 Å². The van der Waals surface area contributed by atoms with Gasteiger partial charge in [-0.15, -0.1) is 24.0 Å². The summed E-state index contributed by atoms with van der Waals surface area (Å²) in [5, 5.41) is 6.13. The molecule has 2 N–H and O–H groups in total. The maximum absolute atomic E-state index is 12.4. The third kappa shape index (κ3) is 8.37. The summed E-state index contributed by atoms with van der Waals surface area (Å²) < 4.78 is 31.7. The Hall–Kier alpha value is -0.660. The predicted molar refractivity (Wildman–Crippen MR) is 121 cm³/mol. The highest BCUT2D eigenvalue weighted by molar-refractivity contribution is 14.0. The van der Waals surface area contributed by atoms with Crippen molar-refractivity contribution in [2.75, 3.05) is 58.7 Å². The quantitative estimate of drug-likeness (QED) is 0.189. The number of carbonyl (C=O) groups is 1. The molecule has 1 amide bonds. The number of amides is 1. The fraction of sp³-hybridized carbons (Fsp3) is 0.882. The van der Waals surface area contributed by atoms with E-state index < -0.39 is 10.0 Å². The zero-order valence-electron chi connectivity index (χ0n) is 17.0. The number of sulfonamides is 1. The van der Waals surface area contributed by atoms with Crippen LogP contribution in [0.4, 0.5) is 0 Å². The molecule has 11 heteroatoms. The summed E-state index contributed by atoms with van der Waals surface area (Å²) in [6, 6.07) is 0. The molecule has 2 rings (SSSR count). The number of carbonyl (C=O) groups excluding carboxylic acids is 1. The van der Waals surface area contributed by atoms with E-state index in [0.29, 0.717) is 39.3 Å². The first-order valence-electron chi connectivity index (χ1n) is 9.66. The molecule has 1 aliphatic carbocycles. The van der Waals surface area contributed by atoms with Crippen molar-refractivity contribution in [3.63, 3.8) is 0 Å². The van der Waals surface area contributed by atoms with Crippen LogP contribution in [0.2, 0.25) is 0 Å². The molecule has 0 aromatic heterocycles. The minimum Gasteiger partial charge on any atom is -0.378 e. The van der Waals surface area contributed by atoms with E-state index in [0.717, 1.165) is 18.8 Å². The molecular formula is C17H34IN5O4S. The summed E-state index contributed by atoms with van der Waals surface area (Å²) in [6.07, 6.45) is 2.02. The fourth-order valence-corrected chi connectivity index (χ4v) is 4.16. The second-order valence-corrected chi connectivity index (χ2v) is 9.25. The number of rotatable bonds is 9. The second-order valence-electron chi connectivity index (χ2n) is 7.16. The molecule has 0 bridgehead atoms. The average Bonchev–Trinajstić information content (AvgIpc) is 3.46. The van der Waals surface area contributed by atoms with Gasteiger partial charge in [0.15, 0.2) is 5.96 Å². The molecule has 1 saturated carbocycles. The molecule has 2 aliphatic rings. The standard InChI is InChI=1S/C17H33N5O4S.HI/c1-14(2)26-12-13-27(24,25)22-10-8-21(9-11-22)17(18-3)20-7-6-19-16(23)15-4-5-15;/h14-15H,4-13H2,1-3H3,(H,18,20)(H,19,23);1H. The van der Waals surface area contributed by atoms with Crippen molar-refractivity contribution < 1.29 is 17.9 Å². The van der Waals surface area contributed by atoms with Gasteiger partial charge in [0.05, 0.1) is 18.5 Å². The lowest BCUT2D eigenvalue weighted by molar-refractivity contribution is -0.122. The third-order valence-electron chi connectivity index (χ3n) is 4.59. The molecule has 0 aromatic rings. The minimum atomic E-state index is -3.29. The lowest BCUT2D eigenvalue weighted by Gasteiger charge is -2.35. The number of nitrogens with one attached hydrogen (secondary N) is 2. The van der Waals surface area contributed by atoms with Crippen molar-refractivity contribution in [3.8, 4) is 0 Å². The summed E-state index contributed by atoms with van der Waals surface area (Å²) in [5.41, 5.74) is 0. The highest BCUT2D eigenvalue weighted by Gasteiger charge is 2.29. The Balaban J connectivity index is 0.00000392. The van der Waals surface area contributed by atoms with Crippen LogP contribution in [-0.4, -0.2) is 94.3 Å². The Labute approximate surface area is 185 Å². The topological polar surface area (TPSA) is 103 Å². The van der Waals surface area contributed by atoms with Gasteiger partial charge in [-0.1, -0.05) is 0 Å². The molecule has 164 valence electrons. The summed E-state index contributed by atoms with van der Waals surface area (Å²) in [7, 11) is -1.59. The van der Waals surface area contributed by atoms with E-state index in [-0.39, 0.29) is 54.3 Å². The highest BCUT2D eigenvalue weighted by atomic mass is 127. The van der Waals surface area contributed by atoms with Gasteiger partial charge in [-0.05, 0) is 26.7 Å². The molecule has 9 nitrogen and oxygen atoms in total. The van der Waals surface area contributed by atoms with E-state index >= 15 is 0 Å². The van der Waals surface area contributed by atoms with Gasteiger partial charge >= 0.3 is 0 Å². The highest BCUT2D eigenvalue weighted by Crippen LogP contribution is 2.28.